The van der Waals surface area contributed by atoms with Gasteiger partial charge in [-0.2, -0.15) is 0 Å². The first-order valence-corrected chi connectivity index (χ1v) is 4.32. The van der Waals surface area contributed by atoms with E-state index in [4.69, 9.17) is 9.47 Å². The van der Waals surface area contributed by atoms with Crippen molar-refractivity contribution in [3.63, 3.8) is 0 Å². The van der Waals surface area contributed by atoms with E-state index in [1.165, 1.54) is 0 Å². The van der Waals surface area contributed by atoms with Crippen LogP contribution in [0.25, 0.3) is 0 Å². The van der Waals surface area contributed by atoms with Gasteiger partial charge in [0.15, 0.2) is 6.29 Å². The molecule has 1 aliphatic heterocycles. The number of ether oxygens (including phenoxy) is 2. The van der Waals surface area contributed by atoms with Gasteiger partial charge in [0.1, 0.15) is 0 Å². The Labute approximate surface area is 72.0 Å². The number of hydrogen-bond donors (Lipinski definition) is 1. The van der Waals surface area contributed by atoms with Crippen molar-refractivity contribution in [1.29, 1.82) is 0 Å². The highest BCUT2D eigenvalue weighted by Gasteiger charge is 2.41. The van der Waals surface area contributed by atoms with E-state index in [-0.39, 0.29) is 18.3 Å². The maximum Gasteiger partial charge on any atom is 0.155 e. The number of hydrogen-bond acceptors (Lipinski definition) is 3. The molecule has 2 rings (SSSR count). The predicted octanol–water partition coefficient (Wildman–Crippen LogP) is 0.685. The van der Waals surface area contributed by atoms with Gasteiger partial charge in [-0.1, -0.05) is 6.58 Å². The molecular weight excluding hydrogens is 156 g/mol. The fraction of sp³-hybridized carbons (Fsp3) is 0.778. The van der Waals surface area contributed by atoms with E-state index in [9.17, 15) is 5.11 Å². The van der Waals surface area contributed by atoms with Gasteiger partial charge >= 0.3 is 0 Å². The van der Waals surface area contributed by atoms with Crippen LogP contribution < -0.4 is 0 Å². The largest absolute Gasteiger partial charge is 0.389 e. The van der Waals surface area contributed by atoms with Crippen molar-refractivity contribution in [2.24, 2.45) is 5.92 Å². The number of fused-ring (bicyclic) bond motifs is 1. The van der Waals surface area contributed by atoms with Gasteiger partial charge in [-0.05, 0) is 12.5 Å². The third-order valence-electron chi connectivity index (χ3n) is 2.69. The summed E-state index contributed by atoms with van der Waals surface area (Å²) in [4.78, 5) is 0. The third kappa shape index (κ3) is 1.18. The summed E-state index contributed by atoms with van der Waals surface area (Å²) in [6, 6.07) is 0. The topological polar surface area (TPSA) is 38.7 Å². The molecule has 0 aromatic carbocycles. The van der Waals surface area contributed by atoms with Gasteiger partial charge in [-0.3, -0.25) is 0 Å². The molecule has 1 N–H and O–H groups in total. The van der Waals surface area contributed by atoms with Crippen LogP contribution in [0.15, 0.2) is 12.2 Å². The normalized spacial score (nSPS) is 47.7. The van der Waals surface area contributed by atoms with E-state index in [0.717, 1.165) is 5.57 Å². The molecule has 0 aromatic heterocycles. The minimum atomic E-state index is -0.395. The quantitative estimate of drug-likeness (QED) is 0.543. The van der Waals surface area contributed by atoms with Crippen LogP contribution in [0.1, 0.15) is 13.3 Å². The van der Waals surface area contributed by atoms with Crippen molar-refractivity contribution < 1.29 is 14.6 Å². The predicted molar refractivity (Wildman–Crippen MR) is 43.5 cm³/mol. The van der Waals surface area contributed by atoms with E-state index in [2.05, 4.69) is 6.58 Å². The van der Waals surface area contributed by atoms with E-state index >= 15 is 0 Å². The second kappa shape index (κ2) is 2.83. The highest BCUT2D eigenvalue weighted by Crippen LogP contribution is 2.36. The molecular formula is C9H14O3. The second-order valence-electron chi connectivity index (χ2n) is 3.51. The molecule has 4 atom stereocenters. The zero-order valence-corrected chi connectivity index (χ0v) is 7.19. The zero-order valence-electron chi connectivity index (χ0n) is 7.19. The second-order valence-corrected chi connectivity index (χ2v) is 3.51. The van der Waals surface area contributed by atoms with E-state index < -0.39 is 6.10 Å². The van der Waals surface area contributed by atoms with Crippen LogP contribution in [0.4, 0.5) is 0 Å². The van der Waals surface area contributed by atoms with Crippen molar-refractivity contribution in [2.75, 3.05) is 6.61 Å². The first kappa shape index (κ1) is 8.23. The molecule has 2 aliphatic rings. The summed E-state index contributed by atoms with van der Waals surface area (Å²) in [5, 5.41) is 9.48. The van der Waals surface area contributed by atoms with Gasteiger partial charge in [-0.15, -0.1) is 0 Å². The van der Waals surface area contributed by atoms with Crippen LogP contribution in [-0.2, 0) is 9.47 Å². The molecule has 0 spiro atoms. The highest BCUT2D eigenvalue weighted by molar-refractivity contribution is 5.16. The minimum Gasteiger partial charge on any atom is -0.389 e. The fourth-order valence-corrected chi connectivity index (χ4v) is 1.91. The molecule has 0 bridgehead atoms. The van der Waals surface area contributed by atoms with Crippen molar-refractivity contribution in [3.8, 4) is 0 Å². The van der Waals surface area contributed by atoms with Crippen molar-refractivity contribution >= 4 is 0 Å². The van der Waals surface area contributed by atoms with E-state index in [1.807, 2.05) is 6.92 Å². The average molecular weight is 170 g/mol. The van der Waals surface area contributed by atoms with Gasteiger partial charge in [-0.25, -0.2) is 0 Å². The molecule has 0 amide bonds. The summed E-state index contributed by atoms with van der Waals surface area (Å²) in [7, 11) is 0. The Morgan fingerprint density at radius 2 is 2.33 bits per heavy atom. The summed E-state index contributed by atoms with van der Waals surface area (Å²) in [6.45, 7) is 6.35. The van der Waals surface area contributed by atoms with Crippen LogP contribution in [0.2, 0.25) is 0 Å². The van der Waals surface area contributed by atoms with Gasteiger partial charge < -0.3 is 14.6 Å². The molecule has 2 fully saturated rings. The first-order valence-electron chi connectivity index (χ1n) is 4.32. The lowest BCUT2D eigenvalue weighted by molar-refractivity contribution is -0.215. The molecule has 12 heavy (non-hydrogen) atoms. The van der Waals surface area contributed by atoms with Crippen molar-refractivity contribution in [3.05, 3.63) is 12.2 Å². The molecule has 1 heterocycles. The van der Waals surface area contributed by atoms with Gasteiger partial charge in [0.2, 0.25) is 0 Å². The van der Waals surface area contributed by atoms with E-state index in [0.29, 0.717) is 13.0 Å². The standard InChI is InChI=1S/C9H14O3/c1-5-7-4-11-6(2)12-9(7)3-8(5)10/h6-10H,1,3-4H2,2H3/t6-,7-,8-,9-/m0/s1. The zero-order chi connectivity index (χ0) is 8.72. The maximum atomic E-state index is 9.48. The van der Waals surface area contributed by atoms with Crippen LogP contribution in [0.5, 0.6) is 0 Å². The SMILES string of the molecule is C=C1[C@@H](O)C[C@@H]2O[C@@H](C)OC[C@@H]12. The molecule has 68 valence electrons. The van der Waals surface area contributed by atoms with Crippen molar-refractivity contribution in [1.82, 2.24) is 0 Å². The van der Waals surface area contributed by atoms with Crippen LogP contribution >= 0.6 is 0 Å². The summed E-state index contributed by atoms with van der Waals surface area (Å²) in [5.41, 5.74) is 0.868. The molecule has 1 aliphatic carbocycles. The summed E-state index contributed by atoms with van der Waals surface area (Å²) in [6.07, 6.45) is 0.270. The molecule has 3 nitrogen and oxygen atoms in total. The van der Waals surface area contributed by atoms with Crippen LogP contribution in [0, 0.1) is 5.92 Å². The van der Waals surface area contributed by atoms with Crippen LogP contribution in [-0.4, -0.2) is 30.2 Å². The smallest absolute Gasteiger partial charge is 0.155 e. The Kier molecular flexibility index (Phi) is 1.94. The molecule has 0 aromatic rings. The monoisotopic (exact) mass is 170 g/mol. The van der Waals surface area contributed by atoms with Crippen molar-refractivity contribution in [2.45, 2.75) is 31.8 Å². The Morgan fingerprint density at radius 1 is 1.58 bits per heavy atom. The third-order valence-corrected chi connectivity index (χ3v) is 2.69. The molecule has 1 saturated carbocycles. The van der Waals surface area contributed by atoms with E-state index in [1.54, 1.807) is 0 Å². The van der Waals surface area contributed by atoms with Gasteiger partial charge in [0, 0.05) is 12.3 Å². The Morgan fingerprint density at radius 3 is 3.08 bits per heavy atom. The summed E-state index contributed by atoms with van der Waals surface area (Å²) in [5.74, 6) is 0.205. The fourth-order valence-electron chi connectivity index (χ4n) is 1.91. The first-order chi connectivity index (χ1) is 5.68. The molecule has 1 saturated heterocycles. The number of rotatable bonds is 0. The maximum absolute atomic E-state index is 9.48. The number of aliphatic hydroxyl groups is 1. The number of aliphatic hydroxyl groups excluding tert-OH is 1. The summed E-state index contributed by atoms with van der Waals surface area (Å²) >= 11 is 0. The molecule has 3 heteroatoms. The Hall–Kier alpha value is -0.380. The Bertz CT molecular complexity index is 202. The van der Waals surface area contributed by atoms with Gasteiger partial charge in [0.25, 0.3) is 0 Å². The summed E-state index contributed by atoms with van der Waals surface area (Å²) < 4.78 is 10.8. The lowest BCUT2D eigenvalue weighted by Gasteiger charge is -2.30. The molecule has 0 unspecified atom stereocenters. The molecule has 0 radical (unpaired) electrons. The lowest BCUT2D eigenvalue weighted by atomic mass is 10.0. The lowest BCUT2D eigenvalue weighted by Crippen LogP contribution is -2.35. The average Bonchev–Trinajstić information content (AvgIpc) is 2.28. The minimum absolute atomic E-state index is 0.122. The van der Waals surface area contributed by atoms with Gasteiger partial charge in [0.05, 0.1) is 18.8 Å². The highest BCUT2D eigenvalue weighted by atomic mass is 16.7. The Balaban J connectivity index is 2.09. The van der Waals surface area contributed by atoms with Crippen LogP contribution in [0.3, 0.4) is 0 Å².